The van der Waals surface area contributed by atoms with E-state index in [1.165, 1.54) is 0 Å². The van der Waals surface area contributed by atoms with E-state index in [0.29, 0.717) is 30.1 Å². The van der Waals surface area contributed by atoms with Gasteiger partial charge in [0.05, 0.1) is 0 Å². The van der Waals surface area contributed by atoms with Crippen molar-refractivity contribution >= 4 is 11.8 Å². The molecule has 1 heterocycles. The molecule has 1 N–H and O–H groups in total. The highest BCUT2D eigenvalue weighted by Gasteiger charge is 2.32. The van der Waals surface area contributed by atoms with Gasteiger partial charge in [-0.3, -0.25) is 9.59 Å². The Morgan fingerprint density at radius 1 is 1.15 bits per heavy atom. The highest BCUT2D eigenvalue weighted by Crippen LogP contribution is 2.27. The van der Waals surface area contributed by atoms with E-state index >= 15 is 0 Å². The molecule has 0 aliphatic carbocycles. The molecule has 0 aliphatic rings. The number of carbonyl (C=O) groups excluding carboxylic acids is 2. The van der Waals surface area contributed by atoms with Gasteiger partial charge in [-0.1, -0.05) is 56.3 Å². The molecule has 27 heavy (non-hydrogen) atoms. The van der Waals surface area contributed by atoms with Crippen LogP contribution in [-0.4, -0.2) is 35.0 Å². The number of rotatable bonds is 6. The standard InChI is InChI=1S/C21H29N3O3/c1-7-24(8-2)20(26)17(15-12-10-9-11-13-15)22-19(25)16-14(3)27-23-18(16)21(4,5)6/h9-13,17H,7-8H2,1-6H3,(H,22,25). The molecule has 0 saturated carbocycles. The van der Waals surface area contributed by atoms with Gasteiger partial charge in [-0.25, -0.2) is 0 Å². The smallest absolute Gasteiger partial charge is 0.257 e. The molecular formula is C21H29N3O3. The zero-order valence-electron chi connectivity index (χ0n) is 17.0. The first-order valence-corrected chi connectivity index (χ1v) is 9.32. The summed E-state index contributed by atoms with van der Waals surface area (Å²) in [5, 5.41) is 6.98. The summed E-state index contributed by atoms with van der Waals surface area (Å²) in [5.74, 6) is -0.0430. The number of nitrogens with zero attached hydrogens (tertiary/aromatic N) is 2. The van der Waals surface area contributed by atoms with E-state index in [0.717, 1.165) is 5.56 Å². The average molecular weight is 371 g/mol. The summed E-state index contributed by atoms with van der Waals surface area (Å²) in [5.41, 5.74) is 1.37. The second kappa shape index (κ2) is 8.37. The zero-order chi connectivity index (χ0) is 20.2. The summed E-state index contributed by atoms with van der Waals surface area (Å²) >= 11 is 0. The van der Waals surface area contributed by atoms with Gasteiger partial charge in [0.15, 0.2) is 0 Å². The number of aromatic nitrogens is 1. The molecule has 0 aliphatic heterocycles. The first-order chi connectivity index (χ1) is 12.7. The molecule has 1 aromatic heterocycles. The van der Waals surface area contributed by atoms with Crippen LogP contribution in [0, 0.1) is 6.92 Å². The molecule has 0 fully saturated rings. The van der Waals surface area contributed by atoms with Crippen LogP contribution in [0.2, 0.25) is 0 Å². The van der Waals surface area contributed by atoms with Crippen LogP contribution in [0.1, 0.15) is 68.0 Å². The molecule has 0 radical (unpaired) electrons. The molecule has 2 amide bonds. The number of carbonyl (C=O) groups is 2. The maximum atomic E-state index is 13.1. The van der Waals surface area contributed by atoms with Gasteiger partial charge in [0, 0.05) is 18.5 Å². The van der Waals surface area contributed by atoms with Crippen LogP contribution < -0.4 is 5.32 Å². The Morgan fingerprint density at radius 2 is 1.74 bits per heavy atom. The monoisotopic (exact) mass is 371 g/mol. The Morgan fingerprint density at radius 3 is 2.26 bits per heavy atom. The van der Waals surface area contributed by atoms with Crippen LogP contribution in [-0.2, 0) is 10.2 Å². The molecule has 1 atom stereocenters. The lowest BCUT2D eigenvalue weighted by molar-refractivity contribution is -0.133. The predicted molar refractivity (Wildman–Crippen MR) is 105 cm³/mol. The van der Waals surface area contributed by atoms with Gasteiger partial charge in [0.1, 0.15) is 23.1 Å². The van der Waals surface area contributed by atoms with Crippen molar-refractivity contribution in [1.29, 1.82) is 0 Å². The van der Waals surface area contributed by atoms with Gasteiger partial charge >= 0.3 is 0 Å². The van der Waals surface area contributed by atoms with Crippen molar-refractivity contribution in [3.05, 3.63) is 52.9 Å². The Hall–Kier alpha value is -2.63. The van der Waals surface area contributed by atoms with Crippen molar-refractivity contribution in [3.63, 3.8) is 0 Å². The van der Waals surface area contributed by atoms with E-state index in [9.17, 15) is 9.59 Å². The van der Waals surface area contributed by atoms with Crippen LogP contribution >= 0.6 is 0 Å². The molecular weight excluding hydrogens is 342 g/mol. The van der Waals surface area contributed by atoms with E-state index < -0.39 is 6.04 Å². The molecule has 146 valence electrons. The minimum absolute atomic E-state index is 0.133. The van der Waals surface area contributed by atoms with Crippen molar-refractivity contribution in [2.75, 3.05) is 13.1 Å². The van der Waals surface area contributed by atoms with Gasteiger partial charge in [-0.2, -0.15) is 0 Å². The van der Waals surface area contributed by atoms with E-state index in [4.69, 9.17) is 4.52 Å². The molecule has 0 spiro atoms. The third-order valence-electron chi connectivity index (χ3n) is 4.53. The number of likely N-dealkylation sites (N-methyl/N-ethyl adjacent to an activating group) is 1. The summed E-state index contributed by atoms with van der Waals surface area (Å²) in [6.45, 7) is 12.6. The maximum absolute atomic E-state index is 13.1. The van der Waals surface area contributed by atoms with E-state index in [1.54, 1.807) is 11.8 Å². The van der Waals surface area contributed by atoms with Gasteiger partial charge < -0.3 is 14.7 Å². The largest absolute Gasteiger partial charge is 0.361 e. The highest BCUT2D eigenvalue weighted by molar-refractivity contribution is 5.99. The fourth-order valence-corrected chi connectivity index (χ4v) is 3.01. The second-order valence-corrected chi connectivity index (χ2v) is 7.54. The molecule has 2 rings (SSSR count). The number of hydrogen-bond donors (Lipinski definition) is 1. The predicted octanol–water partition coefficient (Wildman–Crippen LogP) is 3.62. The first-order valence-electron chi connectivity index (χ1n) is 9.32. The summed E-state index contributed by atoms with van der Waals surface area (Å²) < 4.78 is 5.27. The third-order valence-corrected chi connectivity index (χ3v) is 4.53. The zero-order valence-corrected chi connectivity index (χ0v) is 17.0. The first kappa shape index (κ1) is 20.7. The molecule has 0 bridgehead atoms. The summed E-state index contributed by atoms with van der Waals surface area (Å²) in [7, 11) is 0. The van der Waals surface area contributed by atoms with E-state index in [-0.39, 0.29) is 17.2 Å². The van der Waals surface area contributed by atoms with Crippen molar-refractivity contribution in [2.45, 2.75) is 53.0 Å². The Kier molecular flexibility index (Phi) is 6.41. The summed E-state index contributed by atoms with van der Waals surface area (Å²) in [4.78, 5) is 27.9. The van der Waals surface area contributed by atoms with Crippen LogP contribution in [0.5, 0.6) is 0 Å². The Labute approximate surface area is 160 Å². The SMILES string of the molecule is CCN(CC)C(=O)C(NC(=O)c1c(C(C)(C)C)noc1C)c1ccccc1. The summed E-state index contributed by atoms with van der Waals surface area (Å²) in [6.07, 6.45) is 0. The van der Waals surface area contributed by atoms with Crippen molar-refractivity contribution in [1.82, 2.24) is 15.4 Å². The fourth-order valence-electron chi connectivity index (χ4n) is 3.01. The normalized spacial score (nSPS) is 12.5. The summed E-state index contributed by atoms with van der Waals surface area (Å²) in [6, 6.07) is 8.52. The number of amides is 2. The van der Waals surface area contributed by atoms with Crippen LogP contribution in [0.3, 0.4) is 0 Å². The van der Waals surface area contributed by atoms with Gasteiger partial charge in [-0.15, -0.1) is 0 Å². The lowest BCUT2D eigenvalue weighted by Crippen LogP contribution is -2.43. The topological polar surface area (TPSA) is 75.4 Å². The Balaban J connectivity index is 2.41. The lowest BCUT2D eigenvalue weighted by Gasteiger charge is -2.26. The van der Waals surface area contributed by atoms with Gasteiger partial charge in [0.2, 0.25) is 5.91 Å². The van der Waals surface area contributed by atoms with Crippen molar-refractivity contribution in [2.24, 2.45) is 0 Å². The minimum atomic E-state index is -0.763. The minimum Gasteiger partial charge on any atom is -0.361 e. The van der Waals surface area contributed by atoms with E-state index in [2.05, 4.69) is 10.5 Å². The van der Waals surface area contributed by atoms with E-state index in [1.807, 2.05) is 65.0 Å². The fraction of sp³-hybridized carbons (Fsp3) is 0.476. The lowest BCUT2D eigenvalue weighted by atomic mass is 9.88. The van der Waals surface area contributed by atoms with Crippen LogP contribution in [0.15, 0.2) is 34.9 Å². The van der Waals surface area contributed by atoms with Crippen LogP contribution in [0.25, 0.3) is 0 Å². The molecule has 2 aromatic rings. The second-order valence-electron chi connectivity index (χ2n) is 7.54. The van der Waals surface area contributed by atoms with Crippen molar-refractivity contribution in [3.8, 4) is 0 Å². The molecule has 1 unspecified atom stereocenters. The van der Waals surface area contributed by atoms with Gasteiger partial charge in [-0.05, 0) is 26.3 Å². The number of nitrogens with one attached hydrogen (secondary N) is 1. The maximum Gasteiger partial charge on any atom is 0.257 e. The number of aryl methyl sites for hydroxylation is 1. The van der Waals surface area contributed by atoms with Gasteiger partial charge in [0.25, 0.3) is 5.91 Å². The quantitative estimate of drug-likeness (QED) is 0.841. The number of benzene rings is 1. The molecule has 1 aromatic carbocycles. The van der Waals surface area contributed by atoms with Crippen molar-refractivity contribution < 1.29 is 14.1 Å². The molecule has 6 nitrogen and oxygen atoms in total. The number of hydrogen-bond acceptors (Lipinski definition) is 4. The average Bonchev–Trinajstić information content (AvgIpc) is 3.03. The third kappa shape index (κ3) is 4.56. The highest BCUT2D eigenvalue weighted by atomic mass is 16.5. The molecule has 0 saturated heterocycles. The van der Waals surface area contributed by atoms with Crippen LogP contribution in [0.4, 0.5) is 0 Å². The Bertz CT molecular complexity index is 787. The molecule has 6 heteroatoms.